The molecule has 1 saturated heterocycles. The number of amides is 2. The van der Waals surface area contributed by atoms with E-state index in [1.54, 1.807) is 54.6 Å². The largest absolute Gasteiger partial charge is 0.488 e. The van der Waals surface area contributed by atoms with Crippen molar-refractivity contribution in [1.29, 1.82) is 0 Å². The molecule has 5 nitrogen and oxygen atoms in total. The minimum Gasteiger partial charge on any atom is -0.488 e. The number of carbonyl (C=O) groups excluding carboxylic acids is 2. The van der Waals surface area contributed by atoms with Crippen LogP contribution in [0.15, 0.2) is 76.6 Å². The van der Waals surface area contributed by atoms with Crippen LogP contribution in [0, 0.1) is 0 Å². The second-order valence-corrected chi connectivity index (χ2v) is 9.17. The molecule has 0 unspecified atom stereocenters. The lowest BCUT2D eigenvalue weighted by Gasteiger charge is -2.11. The summed E-state index contributed by atoms with van der Waals surface area (Å²) < 4.78 is 5.94. The normalized spacial score (nSPS) is 15.7. The molecule has 1 aliphatic rings. The van der Waals surface area contributed by atoms with E-state index in [4.69, 9.17) is 39.5 Å². The highest BCUT2D eigenvalue weighted by Gasteiger charge is 2.25. The molecule has 0 aromatic heterocycles. The second-order valence-electron chi connectivity index (χ2n) is 6.86. The summed E-state index contributed by atoms with van der Waals surface area (Å²) in [6.07, 6.45) is 1.69. The van der Waals surface area contributed by atoms with Crippen LogP contribution in [0.5, 0.6) is 5.75 Å². The number of hydrogen-bond donors (Lipinski definition) is 1. The molecule has 1 N–H and O–H groups in total. The van der Waals surface area contributed by atoms with Gasteiger partial charge in [-0.1, -0.05) is 59.1 Å². The van der Waals surface area contributed by atoms with Crippen LogP contribution in [0.1, 0.15) is 21.5 Å². The fourth-order valence-corrected chi connectivity index (χ4v) is 4.30. The van der Waals surface area contributed by atoms with Crippen molar-refractivity contribution in [3.8, 4) is 5.75 Å². The number of para-hydroxylation sites is 1. The molecule has 3 aromatic rings. The quantitative estimate of drug-likeness (QED) is 0.386. The molecule has 0 aliphatic carbocycles. The van der Waals surface area contributed by atoms with Gasteiger partial charge in [-0.25, -0.2) is 0 Å². The third-order valence-corrected chi connectivity index (χ3v) is 6.30. The number of nitrogens with one attached hydrogen (secondary N) is 1. The van der Waals surface area contributed by atoms with E-state index in [1.807, 2.05) is 18.2 Å². The number of rotatable bonds is 5. The van der Waals surface area contributed by atoms with E-state index in [0.717, 1.165) is 17.3 Å². The minimum absolute atomic E-state index is 0.206. The highest BCUT2D eigenvalue weighted by Crippen LogP contribution is 2.30. The third kappa shape index (κ3) is 5.97. The maximum atomic E-state index is 12.4. The van der Waals surface area contributed by atoms with Gasteiger partial charge in [-0.2, -0.15) is 4.99 Å². The molecular weight excluding hydrogens is 503 g/mol. The van der Waals surface area contributed by atoms with Crippen molar-refractivity contribution in [2.75, 3.05) is 0 Å². The molecule has 1 heterocycles. The zero-order chi connectivity index (χ0) is 23.4. The number of benzene rings is 3. The van der Waals surface area contributed by atoms with Crippen molar-refractivity contribution in [3.63, 3.8) is 0 Å². The lowest BCUT2D eigenvalue weighted by molar-refractivity contribution is -0.115. The summed E-state index contributed by atoms with van der Waals surface area (Å²) in [4.78, 5) is 29.2. The van der Waals surface area contributed by atoms with Crippen LogP contribution in [0.25, 0.3) is 6.08 Å². The fourth-order valence-electron chi connectivity index (χ4n) is 2.90. The number of aliphatic imine (C=N–C) groups is 1. The number of halogens is 3. The summed E-state index contributed by atoms with van der Waals surface area (Å²) in [5.74, 6) is -0.246. The molecule has 0 bridgehead atoms. The Kier molecular flexibility index (Phi) is 7.40. The van der Waals surface area contributed by atoms with E-state index in [9.17, 15) is 9.59 Å². The lowest BCUT2D eigenvalue weighted by Crippen LogP contribution is -2.20. The Balaban J connectivity index is 1.50. The first-order chi connectivity index (χ1) is 15.9. The van der Waals surface area contributed by atoms with Crippen molar-refractivity contribution in [2.45, 2.75) is 6.61 Å². The Bertz CT molecular complexity index is 1290. The highest BCUT2D eigenvalue weighted by atomic mass is 35.5. The van der Waals surface area contributed by atoms with Crippen molar-refractivity contribution in [3.05, 3.63) is 103 Å². The van der Waals surface area contributed by atoms with Crippen LogP contribution >= 0.6 is 46.6 Å². The number of nitrogens with zero attached hydrogens (tertiary/aromatic N) is 1. The number of ether oxygens (including phenoxy) is 1. The first-order valence-electron chi connectivity index (χ1n) is 9.64. The lowest BCUT2D eigenvalue weighted by atomic mass is 10.2. The van der Waals surface area contributed by atoms with Crippen LogP contribution in [-0.4, -0.2) is 17.0 Å². The van der Waals surface area contributed by atoms with E-state index < -0.39 is 5.91 Å². The van der Waals surface area contributed by atoms with Gasteiger partial charge in [0.25, 0.3) is 11.8 Å². The molecule has 3 aromatic carbocycles. The number of thioether (sulfide) groups is 1. The summed E-state index contributed by atoms with van der Waals surface area (Å²) in [5.41, 5.74) is 1.86. The summed E-state index contributed by atoms with van der Waals surface area (Å²) in [6, 6.07) is 18.9. The number of carbonyl (C=O) groups is 2. The van der Waals surface area contributed by atoms with Crippen molar-refractivity contribution < 1.29 is 14.3 Å². The van der Waals surface area contributed by atoms with Gasteiger partial charge in [0.1, 0.15) is 12.4 Å². The van der Waals surface area contributed by atoms with Gasteiger partial charge in [-0.3, -0.25) is 9.59 Å². The predicted octanol–water partition coefficient (Wildman–Crippen LogP) is 6.63. The zero-order valence-corrected chi connectivity index (χ0v) is 19.9. The monoisotopic (exact) mass is 516 g/mol. The summed E-state index contributed by atoms with van der Waals surface area (Å²) in [7, 11) is 0. The van der Waals surface area contributed by atoms with E-state index in [2.05, 4.69) is 10.3 Å². The molecule has 166 valence electrons. The fraction of sp³-hybridized carbons (Fsp3) is 0.0417. The van der Waals surface area contributed by atoms with Gasteiger partial charge in [0.2, 0.25) is 0 Å². The van der Waals surface area contributed by atoms with E-state index in [0.29, 0.717) is 36.8 Å². The smallest absolute Gasteiger partial charge is 0.279 e. The number of amidine groups is 1. The van der Waals surface area contributed by atoms with Crippen LogP contribution in [0.4, 0.5) is 0 Å². The molecule has 1 fully saturated rings. The van der Waals surface area contributed by atoms with Crippen LogP contribution < -0.4 is 10.1 Å². The second kappa shape index (κ2) is 10.4. The molecule has 0 radical (unpaired) electrons. The molecule has 33 heavy (non-hydrogen) atoms. The topological polar surface area (TPSA) is 67.8 Å². The van der Waals surface area contributed by atoms with Crippen LogP contribution in [0.2, 0.25) is 15.1 Å². The van der Waals surface area contributed by atoms with Gasteiger partial charge in [-0.05, 0) is 60.3 Å². The average molecular weight is 518 g/mol. The first kappa shape index (κ1) is 23.4. The van der Waals surface area contributed by atoms with Gasteiger partial charge in [0.15, 0.2) is 5.17 Å². The third-order valence-electron chi connectivity index (χ3n) is 4.55. The van der Waals surface area contributed by atoms with Gasteiger partial charge < -0.3 is 10.1 Å². The Labute approximate surface area is 209 Å². The average Bonchev–Trinajstić information content (AvgIpc) is 3.13. The molecular formula is C24H15Cl3N2O3S. The molecule has 0 saturated carbocycles. The van der Waals surface area contributed by atoms with Gasteiger partial charge in [-0.15, -0.1) is 0 Å². The molecule has 4 rings (SSSR count). The molecule has 1 aliphatic heterocycles. The van der Waals surface area contributed by atoms with Gasteiger partial charge in [0.05, 0.1) is 4.91 Å². The molecule has 9 heteroatoms. The summed E-state index contributed by atoms with van der Waals surface area (Å²) >= 11 is 19.1. The van der Waals surface area contributed by atoms with Gasteiger partial charge in [0, 0.05) is 31.8 Å². The van der Waals surface area contributed by atoms with Crippen LogP contribution in [-0.2, 0) is 11.4 Å². The standard InChI is InChI=1S/C24H15Cl3N2O3S/c25-17-8-5-14(6-9-17)22(30)28-24-29-23(31)21(33-24)11-15-3-1-2-4-20(15)32-13-16-7-10-18(26)12-19(16)27/h1-12H,13H2,(H,28,29,30,31)/b21-11-. The predicted molar refractivity (Wildman–Crippen MR) is 134 cm³/mol. The SMILES string of the molecule is O=C1NC(=NC(=O)c2ccc(Cl)cc2)S/C1=C\c1ccccc1OCc1ccc(Cl)cc1Cl. The van der Waals surface area contributed by atoms with Crippen molar-refractivity contribution in [2.24, 2.45) is 4.99 Å². The summed E-state index contributed by atoms with van der Waals surface area (Å²) in [5, 5.41) is 4.40. The Morgan fingerprint density at radius 3 is 2.48 bits per heavy atom. The minimum atomic E-state index is -0.473. The van der Waals surface area contributed by atoms with E-state index >= 15 is 0 Å². The maximum Gasteiger partial charge on any atom is 0.279 e. The van der Waals surface area contributed by atoms with Crippen molar-refractivity contribution in [1.82, 2.24) is 5.32 Å². The number of hydrogen-bond acceptors (Lipinski definition) is 4. The van der Waals surface area contributed by atoms with Crippen molar-refractivity contribution >= 4 is 69.6 Å². The Hall–Kier alpha value is -2.77. The Morgan fingerprint density at radius 1 is 1.00 bits per heavy atom. The molecule has 0 atom stereocenters. The van der Waals surface area contributed by atoms with Gasteiger partial charge >= 0.3 is 0 Å². The summed E-state index contributed by atoms with van der Waals surface area (Å²) in [6.45, 7) is 0.234. The zero-order valence-electron chi connectivity index (χ0n) is 16.8. The van der Waals surface area contributed by atoms with E-state index in [1.165, 1.54) is 0 Å². The Morgan fingerprint density at radius 2 is 1.73 bits per heavy atom. The highest BCUT2D eigenvalue weighted by molar-refractivity contribution is 8.18. The van der Waals surface area contributed by atoms with E-state index in [-0.39, 0.29) is 17.7 Å². The maximum absolute atomic E-state index is 12.4. The molecule has 0 spiro atoms. The molecule has 2 amide bonds. The van der Waals surface area contributed by atoms with Crippen LogP contribution in [0.3, 0.4) is 0 Å². The first-order valence-corrected chi connectivity index (χ1v) is 11.6.